The molecule has 0 spiro atoms. The van der Waals surface area contributed by atoms with Gasteiger partial charge in [-0.25, -0.2) is 4.98 Å². The van der Waals surface area contributed by atoms with Gasteiger partial charge >= 0.3 is 0 Å². The second-order valence-electron chi connectivity index (χ2n) is 6.76. The van der Waals surface area contributed by atoms with Crippen molar-refractivity contribution in [2.24, 2.45) is 5.92 Å². The van der Waals surface area contributed by atoms with Crippen molar-refractivity contribution in [2.45, 2.75) is 57.9 Å². The minimum atomic E-state index is -0.0774. The number of nitrogens with one attached hydrogen (secondary N) is 1. The summed E-state index contributed by atoms with van der Waals surface area (Å²) in [5.41, 5.74) is 0.621. The minimum absolute atomic E-state index is 0.0366. The third-order valence-corrected chi connectivity index (χ3v) is 4.96. The molecule has 2 aromatic rings. The summed E-state index contributed by atoms with van der Waals surface area (Å²) < 4.78 is 10.9. The Balaban J connectivity index is 1.62. The van der Waals surface area contributed by atoms with E-state index in [4.69, 9.17) is 8.83 Å². The molecule has 1 aliphatic rings. The van der Waals surface area contributed by atoms with Gasteiger partial charge in [-0.2, -0.15) is 0 Å². The number of hydrogen-bond donors (Lipinski definition) is 2. The Morgan fingerprint density at radius 2 is 2.20 bits per heavy atom. The van der Waals surface area contributed by atoms with Gasteiger partial charge in [0.2, 0.25) is 5.91 Å². The fraction of sp³-hybridized carbons (Fsp3) is 0.579. The lowest BCUT2D eigenvalue weighted by atomic mass is 9.82. The van der Waals surface area contributed by atoms with E-state index in [0.717, 1.165) is 12.8 Å². The van der Waals surface area contributed by atoms with E-state index in [2.05, 4.69) is 10.3 Å². The summed E-state index contributed by atoms with van der Waals surface area (Å²) in [6.07, 6.45) is 8.26. The number of aliphatic hydroxyl groups excluding tert-OH is 1. The van der Waals surface area contributed by atoms with E-state index in [-0.39, 0.29) is 25.0 Å². The fourth-order valence-electron chi connectivity index (χ4n) is 3.61. The van der Waals surface area contributed by atoms with E-state index < -0.39 is 0 Å². The zero-order chi connectivity index (χ0) is 17.6. The summed E-state index contributed by atoms with van der Waals surface area (Å²) in [7, 11) is 0. The van der Waals surface area contributed by atoms with Gasteiger partial charge in [-0.1, -0.05) is 19.3 Å². The molecular formula is C19H26N2O4. The second kappa shape index (κ2) is 8.34. The van der Waals surface area contributed by atoms with Crippen molar-refractivity contribution in [3.05, 3.63) is 29.9 Å². The summed E-state index contributed by atoms with van der Waals surface area (Å²) in [5, 5.41) is 12.4. The number of aliphatic hydroxyl groups is 1. The molecule has 2 heterocycles. The summed E-state index contributed by atoms with van der Waals surface area (Å²) in [4.78, 5) is 16.9. The van der Waals surface area contributed by atoms with Gasteiger partial charge in [0, 0.05) is 12.6 Å². The lowest BCUT2D eigenvalue weighted by Gasteiger charge is -2.30. The number of nitrogens with zero attached hydrogens (tertiary/aromatic N) is 1. The Hall–Kier alpha value is -2.08. The summed E-state index contributed by atoms with van der Waals surface area (Å²) in [6, 6.07) is 3.58. The van der Waals surface area contributed by atoms with Gasteiger partial charge in [-0.15, -0.1) is 0 Å². The van der Waals surface area contributed by atoms with Crippen molar-refractivity contribution in [1.29, 1.82) is 0 Å². The molecule has 2 aromatic heterocycles. The lowest BCUT2D eigenvalue weighted by Crippen LogP contribution is -2.42. The van der Waals surface area contributed by atoms with Crippen LogP contribution in [-0.2, 0) is 11.2 Å². The fourth-order valence-corrected chi connectivity index (χ4v) is 3.61. The monoisotopic (exact) mass is 346 g/mol. The molecule has 0 radical (unpaired) electrons. The Morgan fingerprint density at radius 1 is 1.40 bits per heavy atom. The van der Waals surface area contributed by atoms with E-state index in [0.29, 0.717) is 35.4 Å². The molecule has 6 heteroatoms. The van der Waals surface area contributed by atoms with Crippen LogP contribution in [0.25, 0.3) is 11.7 Å². The molecule has 0 aromatic carbocycles. The number of carbonyl (C=O) groups is 1. The van der Waals surface area contributed by atoms with Gasteiger partial charge in [0.25, 0.3) is 5.89 Å². The number of rotatable bonds is 7. The minimum Gasteiger partial charge on any atom is -0.459 e. The van der Waals surface area contributed by atoms with Crippen molar-refractivity contribution < 1.29 is 18.7 Å². The molecule has 0 saturated heterocycles. The van der Waals surface area contributed by atoms with Gasteiger partial charge in [-0.05, 0) is 44.2 Å². The van der Waals surface area contributed by atoms with E-state index in [9.17, 15) is 9.90 Å². The highest BCUT2D eigenvalue weighted by Gasteiger charge is 2.25. The van der Waals surface area contributed by atoms with Crippen LogP contribution in [0, 0.1) is 12.8 Å². The SMILES string of the molecule is Cc1oc(-c2ccco2)nc1CC(=O)NC(CCO)C1CCCCC1. The number of carbonyl (C=O) groups excluding carboxylic acids is 1. The molecule has 0 aliphatic heterocycles. The molecule has 1 unspecified atom stereocenters. The molecule has 6 nitrogen and oxygen atoms in total. The number of aryl methyl sites for hydroxylation is 1. The lowest BCUT2D eigenvalue weighted by molar-refractivity contribution is -0.121. The van der Waals surface area contributed by atoms with E-state index in [1.807, 2.05) is 0 Å². The molecule has 1 aliphatic carbocycles. The highest BCUT2D eigenvalue weighted by atomic mass is 16.4. The van der Waals surface area contributed by atoms with Crippen LogP contribution in [0.15, 0.2) is 27.2 Å². The van der Waals surface area contributed by atoms with Crippen LogP contribution in [0.1, 0.15) is 50.0 Å². The van der Waals surface area contributed by atoms with Crippen LogP contribution in [-0.4, -0.2) is 28.6 Å². The van der Waals surface area contributed by atoms with Crippen LogP contribution in [0.5, 0.6) is 0 Å². The highest BCUT2D eigenvalue weighted by molar-refractivity contribution is 5.78. The first-order valence-electron chi connectivity index (χ1n) is 9.07. The predicted molar refractivity (Wildman–Crippen MR) is 92.9 cm³/mol. The molecule has 25 heavy (non-hydrogen) atoms. The van der Waals surface area contributed by atoms with Crippen LogP contribution in [0.4, 0.5) is 0 Å². The molecule has 136 valence electrons. The normalized spacial score (nSPS) is 16.7. The zero-order valence-electron chi connectivity index (χ0n) is 14.7. The van der Waals surface area contributed by atoms with Gasteiger partial charge in [0.05, 0.1) is 18.4 Å². The van der Waals surface area contributed by atoms with Crippen LogP contribution in [0.3, 0.4) is 0 Å². The van der Waals surface area contributed by atoms with Crippen LogP contribution >= 0.6 is 0 Å². The van der Waals surface area contributed by atoms with Gasteiger partial charge in [0.15, 0.2) is 5.76 Å². The Labute approximate surface area is 147 Å². The van der Waals surface area contributed by atoms with Gasteiger partial charge in [0.1, 0.15) is 5.76 Å². The van der Waals surface area contributed by atoms with E-state index in [1.165, 1.54) is 19.3 Å². The maximum atomic E-state index is 12.5. The average molecular weight is 346 g/mol. The van der Waals surface area contributed by atoms with Crippen molar-refractivity contribution in [2.75, 3.05) is 6.61 Å². The first-order chi connectivity index (χ1) is 12.2. The first kappa shape index (κ1) is 17.7. The van der Waals surface area contributed by atoms with Crippen molar-refractivity contribution in [1.82, 2.24) is 10.3 Å². The zero-order valence-corrected chi connectivity index (χ0v) is 14.7. The smallest absolute Gasteiger partial charge is 0.263 e. The van der Waals surface area contributed by atoms with Gasteiger partial charge < -0.3 is 19.3 Å². The summed E-state index contributed by atoms with van der Waals surface area (Å²) >= 11 is 0. The van der Waals surface area contributed by atoms with Crippen molar-refractivity contribution in [3.8, 4) is 11.7 Å². The molecule has 1 saturated carbocycles. The molecule has 1 fully saturated rings. The number of furan rings is 1. The molecule has 1 amide bonds. The van der Waals surface area contributed by atoms with E-state index >= 15 is 0 Å². The molecular weight excluding hydrogens is 320 g/mol. The topological polar surface area (TPSA) is 88.5 Å². The van der Waals surface area contributed by atoms with Gasteiger partial charge in [-0.3, -0.25) is 4.79 Å². The molecule has 3 rings (SSSR count). The Bertz CT molecular complexity index is 672. The number of oxazole rings is 1. The number of aromatic nitrogens is 1. The Morgan fingerprint density at radius 3 is 2.88 bits per heavy atom. The third kappa shape index (κ3) is 4.51. The average Bonchev–Trinajstić information content (AvgIpc) is 3.26. The predicted octanol–water partition coefficient (Wildman–Crippen LogP) is 3.23. The maximum Gasteiger partial charge on any atom is 0.263 e. The molecule has 1 atom stereocenters. The summed E-state index contributed by atoms with van der Waals surface area (Å²) in [6.45, 7) is 1.89. The first-order valence-corrected chi connectivity index (χ1v) is 9.07. The number of amides is 1. The number of hydrogen-bond acceptors (Lipinski definition) is 5. The standard InChI is InChI=1S/C19H26N2O4/c1-13-16(21-19(25-13)17-8-5-11-24-17)12-18(23)20-15(9-10-22)14-6-3-2-4-7-14/h5,8,11,14-15,22H,2-4,6-7,9-10,12H2,1H3,(H,20,23). The third-order valence-electron chi connectivity index (χ3n) is 4.96. The Kier molecular flexibility index (Phi) is 5.91. The van der Waals surface area contributed by atoms with Crippen molar-refractivity contribution in [3.63, 3.8) is 0 Å². The quantitative estimate of drug-likeness (QED) is 0.803. The van der Waals surface area contributed by atoms with Crippen molar-refractivity contribution >= 4 is 5.91 Å². The maximum absolute atomic E-state index is 12.5. The van der Waals surface area contributed by atoms with Crippen LogP contribution in [0.2, 0.25) is 0 Å². The van der Waals surface area contributed by atoms with Crippen LogP contribution < -0.4 is 5.32 Å². The molecule has 2 N–H and O–H groups in total. The second-order valence-corrected chi connectivity index (χ2v) is 6.76. The summed E-state index contributed by atoms with van der Waals surface area (Å²) in [5.74, 6) is 1.95. The molecule has 0 bridgehead atoms. The van der Waals surface area contributed by atoms with E-state index in [1.54, 1.807) is 25.3 Å². The highest BCUT2D eigenvalue weighted by Crippen LogP contribution is 2.28. The largest absolute Gasteiger partial charge is 0.459 e.